The molecule has 0 aromatic heterocycles. The fraction of sp³-hybridized carbons (Fsp3) is 0.222. The molecular weight excluding hydrogens is 159 g/mol. The largest absolute Gasteiger partial charge is 0.484 e. The van der Waals surface area contributed by atoms with Crippen LogP contribution >= 0.6 is 0 Å². The minimum atomic E-state index is -0.630. The van der Waals surface area contributed by atoms with Crippen molar-refractivity contribution in [1.29, 1.82) is 0 Å². The van der Waals surface area contributed by atoms with E-state index in [9.17, 15) is 4.39 Å². The lowest BCUT2D eigenvalue weighted by Gasteiger charge is -2.05. The summed E-state index contributed by atoms with van der Waals surface area (Å²) in [5.74, 6) is 0.205. The molecule has 0 aliphatic heterocycles. The van der Waals surface area contributed by atoms with E-state index in [1.807, 2.05) is 0 Å². The fourth-order valence-electron chi connectivity index (χ4n) is 0.690. The summed E-state index contributed by atoms with van der Waals surface area (Å²) in [6, 6.07) is 5.58. The molecular formula is C9H10FO2. The second-order valence-corrected chi connectivity index (χ2v) is 2.45. The highest BCUT2D eigenvalue weighted by molar-refractivity contribution is 5.22. The summed E-state index contributed by atoms with van der Waals surface area (Å²) in [6.07, 6.45) is -0.630. The number of halogens is 1. The van der Waals surface area contributed by atoms with Gasteiger partial charge in [-0.05, 0) is 31.2 Å². The topological polar surface area (TPSA) is 29.5 Å². The van der Waals surface area contributed by atoms with E-state index in [2.05, 4.69) is 0 Å². The van der Waals surface area contributed by atoms with Crippen LogP contribution in [0.5, 0.6) is 5.75 Å². The van der Waals surface area contributed by atoms with Gasteiger partial charge in [-0.25, -0.2) is 4.39 Å². The van der Waals surface area contributed by atoms with Gasteiger partial charge in [-0.15, -0.1) is 0 Å². The Hall–Kier alpha value is -1.09. The molecule has 1 aromatic carbocycles. The number of hydrogen-bond donors (Lipinski definition) is 1. The van der Waals surface area contributed by atoms with Gasteiger partial charge >= 0.3 is 0 Å². The van der Waals surface area contributed by atoms with Crippen LogP contribution in [0.15, 0.2) is 24.3 Å². The van der Waals surface area contributed by atoms with Gasteiger partial charge in [0.1, 0.15) is 11.6 Å². The minimum Gasteiger partial charge on any atom is -0.484 e. The molecule has 1 radical (unpaired) electrons. The summed E-state index contributed by atoms with van der Waals surface area (Å²) in [5.41, 5.74) is 0. The third-order valence-corrected chi connectivity index (χ3v) is 1.21. The molecule has 0 aliphatic rings. The lowest BCUT2D eigenvalue weighted by molar-refractivity contribution is 0.170. The molecule has 65 valence electrons. The third kappa shape index (κ3) is 2.88. The van der Waals surface area contributed by atoms with Crippen molar-refractivity contribution in [1.82, 2.24) is 0 Å². The summed E-state index contributed by atoms with van der Waals surface area (Å²) >= 11 is 0. The summed E-state index contributed by atoms with van der Waals surface area (Å²) in [6.45, 7) is 2.84. The first-order valence-electron chi connectivity index (χ1n) is 3.62. The summed E-state index contributed by atoms with van der Waals surface area (Å²) in [4.78, 5) is 0. The molecule has 0 bridgehead atoms. The van der Waals surface area contributed by atoms with Gasteiger partial charge in [0.05, 0.1) is 6.10 Å². The highest BCUT2D eigenvalue weighted by Gasteiger charge is 1.98. The molecule has 0 amide bonds. The normalized spacial score (nSPS) is 12.6. The van der Waals surface area contributed by atoms with Gasteiger partial charge in [-0.1, -0.05) is 0 Å². The lowest BCUT2D eigenvalue weighted by Crippen LogP contribution is -2.05. The van der Waals surface area contributed by atoms with Gasteiger partial charge in [-0.3, -0.25) is 0 Å². The molecule has 0 saturated carbocycles. The Bertz CT molecular complexity index is 231. The molecule has 0 spiro atoms. The number of aliphatic hydroxyl groups is 1. The van der Waals surface area contributed by atoms with Gasteiger partial charge in [-0.2, -0.15) is 0 Å². The smallest absolute Gasteiger partial charge is 0.163 e. The van der Waals surface area contributed by atoms with E-state index in [0.29, 0.717) is 5.75 Å². The third-order valence-electron chi connectivity index (χ3n) is 1.21. The first-order valence-corrected chi connectivity index (χ1v) is 3.62. The lowest BCUT2D eigenvalue weighted by atomic mass is 10.3. The van der Waals surface area contributed by atoms with Gasteiger partial charge in [0, 0.05) is 0 Å². The molecule has 1 N–H and O–H groups in total. The average molecular weight is 169 g/mol. The van der Waals surface area contributed by atoms with Crippen molar-refractivity contribution in [3.8, 4) is 5.75 Å². The Labute approximate surface area is 70.6 Å². The van der Waals surface area contributed by atoms with Gasteiger partial charge in [0.2, 0.25) is 0 Å². The molecule has 0 heterocycles. The van der Waals surface area contributed by atoms with E-state index in [0.717, 1.165) is 0 Å². The van der Waals surface area contributed by atoms with E-state index in [1.165, 1.54) is 30.9 Å². The average Bonchev–Trinajstić information content (AvgIpc) is 2.03. The molecule has 12 heavy (non-hydrogen) atoms. The van der Waals surface area contributed by atoms with E-state index < -0.39 is 6.10 Å². The van der Waals surface area contributed by atoms with E-state index in [4.69, 9.17) is 9.84 Å². The Morgan fingerprint density at radius 2 is 2.00 bits per heavy atom. The molecule has 1 atom stereocenters. The summed E-state index contributed by atoms with van der Waals surface area (Å²) < 4.78 is 17.4. The Morgan fingerprint density at radius 3 is 2.50 bits per heavy atom. The molecule has 1 aromatic rings. The van der Waals surface area contributed by atoms with Gasteiger partial charge in [0.15, 0.2) is 6.61 Å². The predicted molar refractivity (Wildman–Crippen MR) is 43.0 cm³/mol. The highest BCUT2D eigenvalue weighted by atomic mass is 19.1. The number of aliphatic hydroxyl groups excluding tert-OH is 1. The predicted octanol–water partition coefficient (Wildman–Crippen LogP) is 1.75. The summed E-state index contributed by atoms with van der Waals surface area (Å²) in [7, 11) is 0. The van der Waals surface area contributed by atoms with Crippen LogP contribution in [-0.4, -0.2) is 11.2 Å². The van der Waals surface area contributed by atoms with Crippen molar-refractivity contribution in [3.63, 3.8) is 0 Å². The Morgan fingerprint density at radius 1 is 1.42 bits per heavy atom. The second-order valence-electron chi connectivity index (χ2n) is 2.45. The maximum absolute atomic E-state index is 12.4. The first kappa shape index (κ1) is 9.00. The monoisotopic (exact) mass is 169 g/mol. The van der Waals surface area contributed by atoms with Crippen LogP contribution in [0.25, 0.3) is 0 Å². The van der Waals surface area contributed by atoms with Crippen molar-refractivity contribution in [2.45, 2.75) is 13.0 Å². The van der Waals surface area contributed by atoms with Crippen molar-refractivity contribution in [2.75, 3.05) is 0 Å². The van der Waals surface area contributed by atoms with Crippen molar-refractivity contribution in [2.24, 2.45) is 0 Å². The molecule has 1 unspecified atom stereocenters. The van der Waals surface area contributed by atoms with Crippen LogP contribution in [0, 0.1) is 12.4 Å². The zero-order valence-corrected chi connectivity index (χ0v) is 6.70. The van der Waals surface area contributed by atoms with E-state index >= 15 is 0 Å². The van der Waals surface area contributed by atoms with Crippen molar-refractivity contribution in [3.05, 3.63) is 36.7 Å². The standard InChI is InChI=1S/C9H10FO2/c1-7(11)6-12-9-4-2-8(10)3-5-9/h2-7,11H,1H3. The highest BCUT2D eigenvalue weighted by Crippen LogP contribution is 2.12. The molecule has 0 saturated heterocycles. The van der Waals surface area contributed by atoms with Crippen LogP contribution in [0.1, 0.15) is 6.92 Å². The van der Waals surface area contributed by atoms with Gasteiger partial charge < -0.3 is 9.84 Å². The van der Waals surface area contributed by atoms with Crippen LogP contribution in [0.2, 0.25) is 0 Å². The molecule has 0 aliphatic carbocycles. The first-order chi connectivity index (χ1) is 5.68. The van der Waals surface area contributed by atoms with Crippen LogP contribution < -0.4 is 4.74 Å². The zero-order valence-electron chi connectivity index (χ0n) is 6.70. The Kier molecular flexibility index (Phi) is 3.05. The zero-order chi connectivity index (χ0) is 8.97. The SMILES string of the molecule is CC(O)[CH]Oc1ccc(F)cc1. The minimum absolute atomic E-state index is 0.306. The second kappa shape index (κ2) is 4.07. The Balaban J connectivity index is 2.48. The number of hydrogen-bond acceptors (Lipinski definition) is 2. The molecule has 3 heteroatoms. The quantitative estimate of drug-likeness (QED) is 0.746. The van der Waals surface area contributed by atoms with E-state index in [-0.39, 0.29) is 5.82 Å². The van der Waals surface area contributed by atoms with Crippen LogP contribution in [0.3, 0.4) is 0 Å². The number of ether oxygens (including phenoxy) is 1. The van der Waals surface area contributed by atoms with Crippen molar-refractivity contribution >= 4 is 0 Å². The van der Waals surface area contributed by atoms with Crippen LogP contribution in [-0.2, 0) is 0 Å². The molecule has 1 rings (SSSR count). The molecule has 2 nitrogen and oxygen atoms in total. The summed E-state index contributed by atoms with van der Waals surface area (Å²) in [5, 5.41) is 8.81. The maximum atomic E-state index is 12.4. The number of benzene rings is 1. The number of rotatable bonds is 3. The fourth-order valence-corrected chi connectivity index (χ4v) is 0.690. The van der Waals surface area contributed by atoms with Crippen molar-refractivity contribution < 1.29 is 14.2 Å². The maximum Gasteiger partial charge on any atom is 0.163 e. The van der Waals surface area contributed by atoms with E-state index in [1.54, 1.807) is 6.92 Å². The van der Waals surface area contributed by atoms with Crippen LogP contribution in [0.4, 0.5) is 4.39 Å². The molecule has 0 fully saturated rings. The van der Waals surface area contributed by atoms with Gasteiger partial charge in [0.25, 0.3) is 0 Å².